The lowest BCUT2D eigenvalue weighted by atomic mass is 10.3. The zero-order chi connectivity index (χ0) is 16.8. The van der Waals surface area contributed by atoms with Gasteiger partial charge >= 0.3 is 0 Å². The normalized spacial score (nSPS) is 18.9. The van der Waals surface area contributed by atoms with Crippen molar-refractivity contribution in [2.45, 2.75) is 19.8 Å². The number of carbonyl (C=O) groups is 2. The second kappa shape index (κ2) is 8.02. The number of hydrogen-bond donors (Lipinski definition) is 2. The van der Waals surface area contributed by atoms with Gasteiger partial charge in [-0.15, -0.1) is 0 Å². The van der Waals surface area contributed by atoms with Crippen LogP contribution in [0.5, 0.6) is 5.75 Å². The van der Waals surface area contributed by atoms with E-state index in [9.17, 15) is 9.59 Å². The number of nitrogens with one attached hydrogen (secondary N) is 2. The van der Waals surface area contributed by atoms with Gasteiger partial charge in [-0.25, -0.2) is 0 Å². The first kappa shape index (κ1) is 17.3. The summed E-state index contributed by atoms with van der Waals surface area (Å²) in [4.78, 5) is 23.4. The molecule has 2 amide bonds. The minimum atomic E-state index is -0.285. The predicted octanol–water partition coefficient (Wildman–Crippen LogP) is 2.51. The van der Waals surface area contributed by atoms with Gasteiger partial charge in [0.25, 0.3) is 5.91 Å². The summed E-state index contributed by atoms with van der Waals surface area (Å²) in [5.41, 5.74) is 0.554. The summed E-state index contributed by atoms with van der Waals surface area (Å²) in [5, 5.41) is 6.11. The van der Waals surface area contributed by atoms with Crippen molar-refractivity contribution in [2.75, 3.05) is 13.2 Å². The van der Waals surface area contributed by atoms with E-state index in [4.69, 9.17) is 16.3 Å². The Labute approximate surface area is 141 Å². The predicted molar refractivity (Wildman–Crippen MR) is 89.1 cm³/mol. The summed E-state index contributed by atoms with van der Waals surface area (Å²) < 4.78 is 5.34. The minimum absolute atomic E-state index is 0.0858. The summed E-state index contributed by atoms with van der Waals surface area (Å²) in [6, 6.07) is 6.77. The maximum absolute atomic E-state index is 11.7. The number of amides is 2. The van der Waals surface area contributed by atoms with Crippen LogP contribution in [0.15, 0.2) is 36.5 Å². The van der Waals surface area contributed by atoms with Crippen LogP contribution in [-0.4, -0.2) is 25.0 Å². The van der Waals surface area contributed by atoms with Gasteiger partial charge in [0, 0.05) is 29.6 Å². The molecule has 5 nitrogen and oxygen atoms in total. The Morgan fingerprint density at radius 1 is 1.35 bits per heavy atom. The van der Waals surface area contributed by atoms with Gasteiger partial charge < -0.3 is 15.4 Å². The monoisotopic (exact) mass is 336 g/mol. The van der Waals surface area contributed by atoms with Gasteiger partial charge in [-0.2, -0.15) is 0 Å². The smallest absolute Gasteiger partial charge is 0.262 e. The fraction of sp³-hybridized carbons (Fsp3) is 0.412. The Morgan fingerprint density at radius 2 is 2.00 bits per heavy atom. The van der Waals surface area contributed by atoms with Crippen molar-refractivity contribution in [1.82, 2.24) is 10.6 Å². The van der Waals surface area contributed by atoms with Crippen LogP contribution in [0.2, 0.25) is 5.02 Å². The van der Waals surface area contributed by atoms with E-state index in [1.54, 1.807) is 24.3 Å². The first-order valence-corrected chi connectivity index (χ1v) is 7.97. The lowest BCUT2D eigenvalue weighted by Gasteiger charge is -2.10. The summed E-state index contributed by atoms with van der Waals surface area (Å²) in [6.45, 7) is 6.20. The molecule has 1 aromatic rings. The van der Waals surface area contributed by atoms with Crippen LogP contribution >= 0.6 is 11.6 Å². The van der Waals surface area contributed by atoms with Crippen LogP contribution in [0.1, 0.15) is 19.8 Å². The second-order valence-corrected chi connectivity index (χ2v) is 6.19. The first-order valence-electron chi connectivity index (χ1n) is 7.59. The average molecular weight is 337 g/mol. The number of ether oxygens (including phenoxy) is 1. The number of carbonyl (C=O) groups excluding carboxylic acids is 2. The Morgan fingerprint density at radius 3 is 2.61 bits per heavy atom. The first-order chi connectivity index (χ1) is 11.0. The number of hydrogen-bond acceptors (Lipinski definition) is 3. The van der Waals surface area contributed by atoms with E-state index in [1.807, 2.05) is 0 Å². The molecule has 1 saturated carbocycles. The molecule has 1 aliphatic carbocycles. The van der Waals surface area contributed by atoms with Gasteiger partial charge in [0.2, 0.25) is 5.91 Å². The van der Waals surface area contributed by atoms with Crippen molar-refractivity contribution in [3.63, 3.8) is 0 Å². The molecule has 1 aliphatic rings. The highest BCUT2D eigenvalue weighted by molar-refractivity contribution is 6.30. The standard InChI is InChI=1S/C17H21ClN2O3/c1-11-9-15(11)17(22)19-8-7-12(2)20-16(21)10-23-14-5-3-13(18)4-6-14/h3-6,11,15H,2,7-10H2,1H3,(H,19,22)(H,20,21). The molecule has 2 unspecified atom stereocenters. The number of halogens is 1. The molecule has 1 fully saturated rings. The highest BCUT2D eigenvalue weighted by atomic mass is 35.5. The Balaban J connectivity index is 1.59. The number of benzene rings is 1. The second-order valence-electron chi connectivity index (χ2n) is 5.75. The fourth-order valence-corrected chi connectivity index (χ4v) is 2.26. The van der Waals surface area contributed by atoms with Crippen molar-refractivity contribution in [1.29, 1.82) is 0 Å². The third-order valence-electron chi connectivity index (χ3n) is 3.67. The zero-order valence-electron chi connectivity index (χ0n) is 13.1. The third-order valence-corrected chi connectivity index (χ3v) is 3.92. The maximum Gasteiger partial charge on any atom is 0.262 e. The van der Waals surface area contributed by atoms with E-state index < -0.39 is 0 Å². The summed E-state index contributed by atoms with van der Waals surface area (Å²) in [6.07, 6.45) is 1.46. The Hall–Kier alpha value is -2.01. The summed E-state index contributed by atoms with van der Waals surface area (Å²) in [7, 11) is 0. The van der Waals surface area contributed by atoms with Crippen LogP contribution in [-0.2, 0) is 9.59 Å². The molecule has 0 bridgehead atoms. The summed E-state index contributed by atoms with van der Waals surface area (Å²) >= 11 is 5.77. The molecule has 1 aromatic carbocycles. The highest BCUT2D eigenvalue weighted by Crippen LogP contribution is 2.37. The molecule has 0 radical (unpaired) electrons. The zero-order valence-corrected chi connectivity index (χ0v) is 13.9. The van der Waals surface area contributed by atoms with Gasteiger partial charge in [-0.1, -0.05) is 25.1 Å². The quantitative estimate of drug-likeness (QED) is 0.766. The summed E-state index contributed by atoms with van der Waals surface area (Å²) in [5.74, 6) is 1.02. The largest absolute Gasteiger partial charge is 0.484 e. The van der Waals surface area contributed by atoms with E-state index in [2.05, 4.69) is 24.1 Å². The Bertz CT molecular complexity index is 586. The Kier molecular flexibility index (Phi) is 6.04. The minimum Gasteiger partial charge on any atom is -0.484 e. The van der Waals surface area contributed by atoms with Crippen molar-refractivity contribution in [3.05, 3.63) is 41.6 Å². The van der Waals surface area contributed by atoms with Crippen LogP contribution in [0.4, 0.5) is 0 Å². The van der Waals surface area contributed by atoms with Gasteiger partial charge in [0.1, 0.15) is 5.75 Å². The van der Waals surface area contributed by atoms with Crippen molar-refractivity contribution in [3.8, 4) is 5.75 Å². The van der Waals surface area contributed by atoms with E-state index in [0.717, 1.165) is 6.42 Å². The lowest BCUT2D eigenvalue weighted by molar-refractivity contribution is -0.122. The molecule has 0 aliphatic heterocycles. The van der Waals surface area contributed by atoms with E-state index in [0.29, 0.717) is 35.4 Å². The van der Waals surface area contributed by atoms with E-state index in [1.165, 1.54) is 0 Å². The van der Waals surface area contributed by atoms with Crippen molar-refractivity contribution < 1.29 is 14.3 Å². The molecule has 2 atom stereocenters. The molecule has 23 heavy (non-hydrogen) atoms. The van der Waals surface area contributed by atoms with Gasteiger partial charge in [-0.3, -0.25) is 9.59 Å². The number of rotatable bonds is 8. The molecule has 0 spiro atoms. The van der Waals surface area contributed by atoms with Crippen molar-refractivity contribution in [2.24, 2.45) is 11.8 Å². The van der Waals surface area contributed by atoms with Gasteiger partial charge in [0.05, 0.1) is 0 Å². The van der Waals surface area contributed by atoms with Crippen LogP contribution in [0, 0.1) is 11.8 Å². The molecule has 2 N–H and O–H groups in total. The molecule has 0 heterocycles. The maximum atomic E-state index is 11.7. The third kappa shape index (κ3) is 5.94. The van der Waals surface area contributed by atoms with Crippen LogP contribution < -0.4 is 15.4 Å². The SMILES string of the molecule is C=C(CCNC(=O)C1CC1C)NC(=O)COc1ccc(Cl)cc1. The molecular weight excluding hydrogens is 316 g/mol. The molecular formula is C17H21ClN2O3. The average Bonchev–Trinajstić information content (AvgIpc) is 3.23. The van der Waals surface area contributed by atoms with E-state index >= 15 is 0 Å². The van der Waals surface area contributed by atoms with Gasteiger partial charge in [-0.05, 0) is 36.6 Å². The molecule has 6 heteroatoms. The molecule has 2 rings (SSSR count). The van der Waals surface area contributed by atoms with Crippen LogP contribution in [0.3, 0.4) is 0 Å². The molecule has 0 saturated heterocycles. The molecule has 0 aromatic heterocycles. The topological polar surface area (TPSA) is 67.4 Å². The lowest BCUT2D eigenvalue weighted by Crippen LogP contribution is -2.31. The van der Waals surface area contributed by atoms with Crippen LogP contribution in [0.25, 0.3) is 0 Å². The fourth-order valence-electron chi connectivity index (χ4n) is 2.13. The molecule has 124 valence electrons. The van der Waals surface area contributed by atoms with Crippen molar-refractivity contribution >= 4 is 23.4 Å². The highest BCUT2D eigenvalue weighted by Gasteiger charge is 2.38. The van der Waals surface area contributed by atoms with E-state index in [-0.39, 0.29) is 24.3 Å². The van der Waals surface area contributed by atoms with Gasteiger partial charge in [0.15, 0.2) is 6.61 Å².